The zero-order chi connectivity index (χ0) is 24.3. The fourth-order valence-electron chi connectivity index (χ4n) is 3.78. The fourth-order valence-corrected chi connectivity index (χ4v) is 8.52. The Balaban J connectivity index is 2.10. The van der Waals surface area contributed by atoms with Crippen LogP contribution in [0.15, 0.2) is 4.90 Å². The summed E-state index contributed by atoms with van der Waals surface area (Å²) in [5.41, 5.74) is 0. The first kappa shape index (κ1) is 31.0. The molecule has 3 nitrogen and oxygen atoms in total. The zero-order valence-electron chi connectivity index (χ0n) is 19.7. The van der Waals surface area contributed by atoms with E-state index in [2.05, 4.69) is 16.3 Å². The standard InChI is InChI=1S/C18H37.C6HF4O3S.Sn/c1-3-5-7-9-11-13-15-17-18-16-14-12-10-8-6-4-2;7-2-1-3(14-13-12-11)5(9)6(10)4(2)8;/h1,3-18H2,2H3;11H;. The molecule has 2 radical (unpaired) electrons. The minimum atomic E-state index is -1.89. The quantitative estimate of drug-likeness (QED) is 0.0224. The number of hydrogen-bond acceptors (Lipinski definition) is 4. The van der Waals surface area contributed by atoms with E-state index in [0.29, 0.717) is 4.44 Å². The van der Waals surface area contributed by atoms with Crippen molar-refractivity contribution in [2.75, 3.05) is 0 Å². The van der Waals surface area contributed by atoms with E-state index < -0.39 is 49.3 Å². The summed E-state index contributed by atoms with van der Waals surface area (Å²) in [6.07, 6.45) is 20.1. The molecule has 0 saturated heterocycles. The molecule has 190 valence electrons. The van der Waals surface area contributed by atoms with E-state index in [-0.39, 0.29) is 15.6 Å². The van der Waals surface area contributed by atoms with Crippen molar-refractivity contribution in [2.45, 2.75) is 119 Å². The molecule has 0 amide bonds. The van der Waals surface area contributed by atoms with Gasteiger partial charge in [-0.3, -0.25) is 0 Å². The molecular weight excluding hydrogens is 563 g/mol. The fraction of sp³-hybridized carbons (Fsp3) is 0.750. The van der Waals surface area contributed by atoms with Crippen molar-refractivity contribution in [1.82, 2.24) is 0 Å². The third-order valence-corrected chi connectivity index (χ3v) is 11.0. The second kappa shape index (κ2) is 20.2. The Bertz CT molecular complexity index is 653. The maximum atomic E-state index is 14.1. The van der Waals surface area contributed by atoms with Crippen molar-refractivity contribution < 1.29 is 32.2 Å². The first-order chi connectivity index (χ1) is 16.0. The molecule has 0 unspecified atom stereocenters. The van der Waals surface area contributed by atoms with Gasteiger partial charge in [-0.05, 0) is 0 Å². The van der Waals surface area contributed by atoms with Crippen molar-refractivity contribution >= 4 is 36.8 Å². The summed E-state index contributed by atoms with van der Waals surface area (Å²) in [6, 6.07) is 0. The molecule has 0 saturated carbocycles. The molecule has 1 aromatic rings. The van der Waals surface area contributed by atoms with Crippen LogP contribution < -0.4 is 3.58 Å². The molecule has 0 spiro atoms. The average molecular weight is 601 g/mol. The van der Waals surface area contributed by atoms with Crippen molar-refractivity contribution in [1.29, 1.82) is 0 Å². The van der Waals surface area contributed by atoms with Crippen molar-refractivity contribution in [3.05, 3.63) is 23.3 Å². The topological polar surface area (TPSA) is 38.7 Å². The summed E-state index contributed by atoms with van der Waals surface area (Å²) < 4.78 is 59.8. The Morgan fingerprint density at radius 2 is 1.06 bits per heavy atom. The van der Waals surface area contributed by atoms with Gasteiger partial charge >= 0.3 is 172 Å². The van der Waals surface area contributed by atoms with Crippen molar-refractivity contribution in [3.63, 3.8) is 0 Å². The molecule has 1 aromatic carbocycles. The Labute approximate surface area is 210 Å². The Morgan fingerprint density at radius 1 is 0.636 bits per heavy atom. The van der Waals surface area contributed by atoms with Crippen LogP contribution in [0.4, 0.5) is 17.6 Å². The molecule has 0 aliphatic rings. The van der Waals surface area contributed by atoms with Gasteiger partial charge in [-0.15, -0.1) is 0 Å². The van der Waals surface area contributed by atoms with Gasteiger partial charge in [0.05, 0.1) is 0 Å². The molecule has 0 aliphatic heterocycles. The van der Waals surface area contributed by atoms with Crippen LogP contribution in [0.5, 0.6) is 0 Å². The summed E-state index contributed by atoms with van der Waals surface area (Å²) in [6.45, 7) is 2.25. The first-order valence-corrected chi connectivity index (χ1v) is 16.5. The Morgan fingerprint density at radius 3 is 1.52 bits per heavy atom. The number of rotatable bonds is 21. The predicted octanol–water partition coefficient (Wildman–Crippen LogP) is 8.68. The zero-order valence-corrected chi connectivity index (χ0v) is 23.4. The normalized spacial score (nSPS) is 11.5. The predicted molar refractivity (Wildman–Crippen MR) is 127 cm³/mol. The first-order valence-electron chi connectivity index (χ1n) is 12.3. The molecule has 33 heavy (non-hydrogen) atoms. The monoisotopic (exact) mass is 602 g/mol. The maximum absolute atomic E-state index is 14.1. The van der Waals surface area contributed by atoms with E-state index in [1.165, 1.54) is 83.5 Å². The van der Waals surface area contributed by atoms with Gasteiger partial charge in [-0.1, -0.05) is 39.0 Å². The van der Waals surface area contributed by atoms with Crippen LogP contribution in [0.3, 0.4) is 0 Å². The summed E-state index contributed by atoms with van der Waals surface area (Å²) in [7, 11) is 0. The molecular formula is C24H38F4O3SSn. The van der Waals surface area contributed by atoms with Crippen LogP contribution in [-0.2, 0) is 9.37 Å². The minimum absolute atomic E-state index is 0.141. The van der Waals surface area contributed by atoms with Crippen molar-refractivity contribution in [3.8, 4) is 0 Å². The Hall–Kier alpha value is -0.0313. The number of hydrogen-bond donors (Lipinski definition) is 1. The molecule has 1 N–H and O–H groups in total. The molecule has 0 fully saturated rings. The summed E-state index contributed by atoms with van der Waals surface area (Å²) in [5, 5.41) is 11.6. The second-order valence-corrected chi connectivity index (χ2v) is 13.0. The van der Waals surface area contributed by atoms with E-state index >= 15 is 0 Å². The average Bonchev–Trinajstić information content (AvgIpc) is 2.82. The van der Waals surface area contributed by atoms with E-state index in [1.807, 2.05) is 0 Å². The van der Waals surface area contributed by atoms with Crippen molar-refractivity contribution in [2.24, 2.45) is 0 Å². The van der Waals surface area contributed by atoms with Gasteiger partial charge in [0.1, 0.15) is 0 Å². The van der Waals surface area contributed by atoms with Crippen LogP contribution in [0.2, 0.25) is 4.44 Å². The molecule has 0 aromatic heterocycles. The third-order valence-electron chi connectivity index (χ3n) is 5.70. The van der Waals surface area contributed by atoms with Crippen LogP contribution in [0, 0.1) is 23.3 Å². The van der Waals surface area contributed by atoms with Crippen LogP contribution in [-0.4, -0.2) is 26.4 Å². The molecule has 0 bridgehead atoms. The Kier molecular flexibility index (Phi) is 19.0. The SMILES string of the molecule is CCCCCCCCCCCCCCCCC[CH2][Sn][c]1c(F)c(F)c(F)c(F)c1SOOO. The number of unbranched alkanes of at least 4 members (excludes halogenated alkanes) is 15. The molecule has 0 atom stereocenters. The summed E-state index contributed by atoms with van der Waals surface area (Å²) in [5.74, 6) is -6.56. The second-order valence-electron chi connectivity index (χ2n) is 8.42. The third kappa shape index (κ3) is 13.0. The van der Waals surface area contributed by atoms with Gasteiger partial charge in [0.2, 0.25) is 0 Å². The molecule has 0 heterocycles. The van der Waals surface area contributed by atoms with Crippen LogP contribution >= 0.6 is 12.0 Å². The van der Waals surface area contributed by atoms with Gasteiger partial charge in [0, 0.05) is 0 Å². The number of halogens is 4. The molecule has 0 aliphatic carbocycles. The van der Waals surface area contributed by atoms with Crippen LogP contribution in [0.1, 0.15) is 110 Å². The van der Waals surface area contributed by atoms with Gasteiger partial charge in [0.25, 0.3) is 0 Å². The van der Waals surface area contributed by atoms with Gasteiger partial charge in [-0.25, -0.2) is 0 Å². The summed E-state index contributed by atoms with van der Waals surface area (Å²) in [4.78, 5) is -0.483. The molecule has 9 heteroatoms. The van der Waals surface area contributed by atoms with E-state index in [1.54, 1.807) is 0 Å². The molecule has 1 rings (SSSR count). The summed E-state index contributed by atoms with van der Waals surface area (Å²) >= 11 is -1.55. The van der Waals surface area contributed by atoms with E-state index in [0.717, 1.165) is 19.3 Å². The van der Waals surface area contributed by atoms with Gasteiger partial charge < -0.3 is 0 Å². The van der Waals surface area contributed by atoms with E-state index in [9.17, 15) is 17.6 Å². The van der Waals surface area contributed by atoms with E-state index in [4.69, 9.17) is 5.26 Å². The number of benzene rings is 1. The van der Waals surface area contributed by atoms with Crippen LogP contribution in [0.25, 0.3) is 0 Å². The van der Waals surface area contributed by atoms with Gasteiger partial charge in [0.15, 0.2) is 0 Å². The van der Waals surface area contributed by atoms with Gasteiger partial charge in [-0.2, -0.15) is 0 Å².